The first kappa shape index (κ1) is 11.0. The molecule has 0 fully saturated rings. The molecule has 3 nitrogen and oxygen atoms in total. The number of hydrogen-bond donors (Lipinski definition) is 1. The fourth-order valence-electron chi connectivity index (χ4n) is 0.701. The summed E-state index contributed by atoms with van der Waals surface area (Å²) >= 11 is 0.482. The summed E-state index contributed by atoms with van der Waals surface area (Å²) < 4.78 is 36.2. The van der Waals surface area contributed by atoms with Crippen molar-refractivity contribution in [2.75, 3.05) is 0 Å². The van der Waals surface area contributed by atoms with Crippen LogP contribution in [-0.4, -0.2) is 10.9 Å². The average molecular weight is 223 g/mol. The number of rotatable bonds is 3. The average Bonchev–Trinajstić information content (AvgIpc) is 2.47. The molecule has 2 N–H and O–H groups in total. The van der Waals surface area contributed by atoms with Crippen molar-refractivity contribution in [2.24, 2.45) is 5.73 Å². The first-order chi connectivity index (χ1) is 6.39. The van der Waals surface area contributed by atoms with Crippen molar-refractivity contribution in [3.63, 3.8) is 0 Å². The molecule has 1 aromatic rings. The van der Waals surface area contributed by atoms with Gasteiger partial charge in [0.15, 0.2) is 0 Å². The van der Waals surface area contributed by atoms with Gasteiger partial charge in [-0.3, -0.25) is 4.79 Å². The number of halogens is 3. The number of carbonyl (C=O) groups is 1. The zero-order valence-corrected chi connectivity index (χ0v) is 7.65. The van der Waals surface area contributed by atoms with Crippen molar-refractivity contribution in [3.8, 4) is 0 Å². The zero-order chi connectivity index (χ0) is 10.8. The van der Waals surface area contributed by atoms with Gasteiger partial charge in [0.25, 0.3) is 0 Å². The van der Waals surface area contributed by atoms with Gasteiger partial charge in [0.2, 0.25) is 5.91 Å². The van der Waals surface area contributed by atoms with E-state index in [0.717, 1.165) is 6.20 Å². The summed E-state index contributed by atoms with van der Waals surface area (Å²) in [6.45, 7) is 0. The molecule has 0 spiro atoms. The number of alkyl halides is 3. The van der Waals surface area contributed by atoms with Crippen LogP contribution in [0.15, 0.2) is 6.20 Å². The maximum atomic E-state index is 12.1. The van der Waals surface area contributed by atoms with Gasteiger partial charge in [-0.2, -0.15) is 13.2 Å². The lowest BCUT2D eigenvalue weighted by atomic mass is 10.3. The molecule has 77 valence electrons. The van der Waals surface area contributed by atoms with E-state index in [1.807, 2.05) is 0 Å². The molecule has 0 aliphatic heterocycles. The van der Waals surface area contributed by atoms with Gasteiger partial charge in [0.05, 0.1) is 11.2 Å². The number of thiazole rings is 1. The van der Waals surface area contributed by atoms with E-state index >= 15 is 0 Å². The van der Waals surface area contributed by atoms with Gasteiger partial charge < -0.3 is 5.73 Å². The maximum absolute atomic E-state index is 12.1. The Bertz CT molecular complexity index is 334. The lowest BCUT2D eigenvalue weighted by Gasteiger charge is -1.99. The second kappa shape index (κ2) is 3.95. The van der Waals surface area contributed by atoms with E-state index in [0.29, 0.717) is 11.3 Å². The van der Waals surface area contributed by atoms with Crippen molar-refractivity contribution < 1.29 is 18.0 Å². The van der Waals surface area contributed by atoms with E-state index in [2.05, 4.69) is 4.98 Å². The van der Waals surface area contributed by atoms with Gasteiger partial charge >= 0.3 is 6.18 Å². The lowest BCUT2D eigenvalue weighted by molar-refractivity contribution is -0.134. The Balaban J connectivity index is 2.64. The Morgan fingerprint density at radius 3 is 2.71 bits per heavy atom. The summed E-state index contributed by atoms with van der Waals surface area (Å²) in [5.74, 6) is -0.603. The van der Waals surface area contributed by atoms with Gasteiger partial charge in [0.1, 0.15) is 4.88 Å². The minimum Gasteiger partial charge on any atom is -0.370 e. The predicted molar refractivity (Wildman–Crippen MR) is 44.3 cm³/mol. The normalized spacial score (nSPS) is 11.6. The molecule has 0 aliphatic rings. The standard InChI is InChI=1S/C7H6F3N2OS/c8-7(9,10)4-3-12-6(14-4)2-1-5(11)13/h2-3H,1H2,(H2,11,13). The molecule has 0 unspecified atom stereocenters. The van der Waals surface area contributed by atoms with E-state index in [1.165, 1.54) is 6.42 Å². The summed E-state index contributed by atoms with van der Waals surface area (Å²) in [4.78, 5) is 13.0. The van der Waals surface area contributed by atoms with Gasteiger partial charge in [-0.1, -0.05) is 0 Å². The van der Waals surface area contributed by atoms with Crippen molar-refractivity contribution >= 4 is 17.2 Å². The van der Waals surface area contributed by atoms with Crippen LogP contribution in [0.2, 0.25) is 0 Å². The fraction of sp³-hybridized carbons (Fsp3) is 0.286. The third kappa shape index (κ3) is 2.99. The minimum absolute atomic E-state index is 0.106. The molecule has 0 aromatic carbocycles. The van der Waals surface area contributed by atoms with Crippen LogP contribution in [0.4, 0.5) is 13.2 Å². The maximum Gasteiger partial charge on any atom is 0.427 e. The Kier molecular flexibility index (Phi) is 3.10. The Morgan fingerprint density at radius 2 is 2.29 bits per heavy atom. The third-order valence-electron chi connectivity index (χ3n) is 1.28. The van der Waals surface area contributed by atoms with E-state index < -0.39 is 17.0 Å². The van der Waals surface area contributed by atoms with Crippen LogP contribution in [-0.2, 0) is 11.0 Å². The number of amides is 1. The summed E-state index contributed by atoms with van der Waals surface area (Å²) in [5.41, 5.74) is 4.82. The molecule has 1 aromatic heterocycles. The Labute approximate surface area is 81.7 Å². The van der Waals surface area contributed by atoms with Crippen molar-refractivity contribution in [1.29, 1.82) is 0 Å². The predicted octanol–water partition coefficient (Wildman–Crippen LogP) is 1.59. The monoisotopic (exact) mass is 223 g/mol. The van der Waals surface area contributed by atoms with Gasteiger partial charge in [0, 0.05) is 12.8 Å². The Morgan fingerprint density at radius 1 is 1.64 bits per heavy atom. The molecule has 14 heavy (non-hydrogen) atoms. The van der Waals surface area contributed by atoms with Crippen molar-refractivity contribution in [1.82, 2.24) is 4.98 Å². The van der Waals surface area contributed by atoms with Crippen LogP contribution in [0.1, 0.15) is 16.3 Å². The molecular weight excluding hydrogens is 217 g/mol. The van der Waals surface area contributed by atoms with E-state index in [4.69, 9.17) is 5.73 Å². The highest BCUT2D eigenvalue weighted by atomic mass is 32.1. The number of hydrogen-bond acceptors (Lipinski definition) is 3. The molecular formula is C7H6F3N2OS. The second-order valence-corrected chi connectivity index (χ2v) is 3.50. The largest absolute Gasteiger partial charge is 0.427 e. The first-order valence-electron chi connectivity index (χ1n) is 3.54. The van der Waals surface area contributed by atoms with E-state index in [-0.39, 0.29) is 11.4 Å². The molecule has 1 rings (SSSR count). The number of nitrogens with zero attached hydrogens (tertiary/aromatic N) is 1. The highest BCUT2D eigenvalue weighted by Gasteiger charge is 2.33. The molecule has 1 amide bonds. The summed E-state index contributed by atoms with van der Waals surface area (Å²) in [7, 11) is 0. The van der Waals surface area contributed by atoms with Crippen molar-refractivity contribution in [2.45, 2.75) is 12.6 Å². The molecule has 0 bridgehead atoms. The van der Waals surface area contributed by atoms with Crippen LogP contribution < -0.4 is 5.73 Å². The van der Waals surface area contributed by atoms with Gasteiger partial charge in [-0.05, 0) is 0 Å². The van der Waals surface area contributed by atoms with Crippen LogP contribution in [0.3, 0.4) is 0 Å². The lowest BCUT2D eigenvalue weighted by Crippen LogP contribution is -2.10. The van der Waals surface area contributed by atoms with Crippen LogP contribution in [0.5, 0.6) is 0 Å². The molecule has 0 aliphatic carbocycles. The third-order valence-corrected chi connectivity index (χ3v) is 2.32. The summed E-state index contributed by atoms with van der Waals surface area (Å²) in [5, 5.41) is 0.149. The van der Waals surface area contributed by atoms with Gasteiger partial charge in [-0.25, -0.2) is 4.98 Å². The highest BCUT2D eigenvalue weighted by Crippen LogP contribution is 2.33. The first-order valence-corrected chi connectivity index (χ1v) is 4.36. The number of nitrogens with two attached hydrogens (primary N) is 1. The van der Waals surface area contributed by atoms with E-state index in [9.17, 15) is 18.0 Å². The molecule has 0 atom stereocenters. The molecule has 0 saturated carbocycles. The quantitative estimate of drug-likeness (QED) is 0.845. The van der Waals surface area contributed by atoms with Crippen LogP contribution in [0, 0.1) is 6.42 Å². The number of carbonyl (C=O) groups excluding carboxylic acids is 1. The topological polar surface area (TPSA) is 56.0 Å². The van der Waals surface area contributed by atoms with Crippen molar-refractivity contribution in [3.05, 3.63) is 22.5 Å². The number of aromatic nitrogens is 1. The molecule has 1 heterocycles. The molecule has 0 saturated heterocycles. The number of primary amides is 1. The highest BCUT2D eigenvalue weighted by molar-refractivity contribution is 7.12. The summed E-state index contributed by atoms with van der Waals surface area (Å²) in [6, 6.07) is 0. The Hall–Kier alpha value is -1.11. The SMILES string of the molecule is NC(=O)C[CH]c1ncc(C(F)(F)F)s1. The van der Waals surface area contributed by atoms with Crippen LogP contribution >= 0.6 is 11.3 Å². The molecule has 7 heteroatoms. The minimum atomic E-state index is -4.38. The van der Waals surface area contributed by atoms with Gasteiger partial charge in [-0.15, -0.1) is 11.3 Å². The summed E-state index contributed by atoms with van der Waals surface area (Å²) in [6.07, 6.45) is -2.49. The second-order valence-electron chi connectivity index (χ2n) is 2.44. The molecule has 1 radical (unpaired) electrons. The fourth-order valence-corrected chi connectivity index (χ4v) is 1.42. The van der Waals surface area contributed by atoms with E-state index in [1.54, 1.807) is 0 Å². The smallest absolute Gasteiger partial charge is 0.370 e. The van der Waals surface area contributed by atoms with Crippen LogP contribution in [0.25, 0.3) is 0 Å². The zero-order valence-electron chi connectivity index (χ0n) is 6.84.